The van der Waals surface area contributed by atoms with Crippen molar-refractivity contribution in [3.8, 4) is 40.1 Å². The Kier molecular flexibility index (Phi) is 8.77. The highest BCUT2D eigenvalue weighted by atomic mass is 16.5. The summed E-state index contributed by atoms with van der Waals surface area (Å²) in [6.07, 6.45) is 0. The van der Waals surface area contributed by atoms with Gasteiger partial charge in [0, 0.05) is 36.9 Å². The lowest BCUT2D eigenvalue weighted by Crippen LogP contribution is -2.23. The summed E-state index contributed by atoms with van der Waals surface area (Å²) < 4.78 is 34.8. The van der Waals surface area contributed by atoms with E-state index in [-0.39, 0.29) is 12.5 Å². The van der Waals surface area contributed by atoms with E-state index >= 15 is 0 Å². The van der Waals surface area contributed by atoms with E-state index in [4.69, 9.17) is 33.4 Å². The first-order valence-electron chi connectivity index (χ1n) is 12.3. The molecule has 0 unspecified atom stereocenters. The molecule has 4 aromatic rings. The van der Waals surface area contributed by atoms with E-state index in [1.807, 2.05) is 41.0 Å². The molecule has 0 radical (unpaired) electrons. The third kappa shape index (κ3) is 5.56. The first kappa shape index (κ1) is 27.6. The maximum Gasteiger partial charge on any atom is 0.251 e. The van der Waals surface area contributed by atoms with Crippen LogP contribution in [0.3, 0.4) is 0 Å². The largest absolute Gasteiger partial charge is 0.493 e. The summed E-state index contributed by atoms with van der Waals surface area (Å²) >= 11 is 0. The molecule has 0 spiro atoms. The van der Waals surface area contributed by atoms with Crippen LogP contribution in [0.2, 0.25) is 0 Å². The number of imidazole rings is 1. The summed E-state index contributed by atoms with van der Waals surface area (Å²) in [5.74, 6) is 3.17. The molecule has 1 heterocycles. The van der Waals surface area contributed by atoms with Crippen molar-refractivity contribution in [2.45, 2.75) is 13.1 Å². The quantitative estimate of drug-likeness (QED) is 0.286. The number of fused-ring (bicyclic) bond motifs is 1. The van der Waals surface area contributed by atoms with Crippen molar-refractivity contribution in [2.24, 2.45) is 0 Å². The van der Waals surface area contributed by atoms with Gasteiger partial charge in [-0.1, -0.05) is 12.1 Å². The zero-order valence-electron chi connectivity index (χ0n) is 23.0. The number of methoxy groups -OCH3 is 6. The zero-order chi connectivity index (χ0) is 27.9. The third-order valence-corrected chi connectivity index (χ3v) is 6.38. The Bertz CT molecular complexity index is 1440. The number of nitrogens with zero attached hydrogens (tertiary/aromatic N) is 2. The lowest BCUT2D eigenvalue weighted by Gasteiger charge is -2.15. The van der Waals surface area contributed by atoms with Crippen LogP contribution in [0.25, 0.3) is 22.4 Å². The summed E-state index contributed by atoms with van der Waals surface area (Å²) in [6, 6.07) is 14.7. The summed E-state index contributed by atoms with van der Waals surface area (Å²) in [5.41, 5.74) is 3.59. The van der Waals surface area contributed by atoms with Crippen LogP contribution in [0.5, 0.6) is 28.7 Å². The van der Waals surface area contributed by atoms with Crippen molar-refractivity contribution < 1.29 is 33.2 Å². The zero-order valence-corrected chi connectivity index (χ0v) is 23.0. The topological polar surface area (TPSA) is 102 Å². The van der Waals surface area contributed by atoms with Gasteiger partial charge in [0.15, 0.2) is 23.0 Å². The molecule has 0 saturated carbocycles. The number of nitrogens with one attached hydrogen (secondary N) is 1. The summed E-state index contributed by atoms with van der Waals surface area (Å²) in [7, 11) is 9.50. The monoisotopic (exact) mass is 535 g/mol. The van der Waals surface area contributed by atoms with Crippen LogP contribution >= 0.6 is 0 Å². The van der Waals surface area contributed by atoms with Crippen LogP contribution in [0.4, 0.5) is 0 Å². The van der Waals surface area contributed by atoms with Crippen molar-refractivity contribution in [3.05, 3.63) is 59.7 Å². The van der Waals surface area contributed by atoms with E-state index in [9.17, 15) is 4.79 Å². The van der Waals surface area contributed by atoms with Gasteiger partial charge in [0.25, 0.3) is 5.91 Å². The molecule has 0 atom stereocenters. The maximum absolute atomic E-state index is 13.1. The van der Waals surface area contributed by atoms with E-state index < -0.39 is 0 Å². The molecule has 1 amide bonds. The number of rotatable bonds is 12. The molecule has 39 heavy (non-hydrogen) atoms. The molecule has 10 heteroatoms. The number of hydrogen-bond acceptors (Lipinski definition) is 8. The Hall–Kier alpha value is -4.44. The number of amides is 1. The lowest BCUT2D eigenvalue weighted by atomic mass is 10.1. The van der Waals surface area contributed by atoms with Crippen LogP contribution in [-0.2, 0) is 17.8 Å². The van der Waals surface area contributed by atoms with Crippen LogP contribution in [0, 0.1) is 0 Å². The van der Waals surface area contributed by atoms with Crippen molar-refractivity contribution in [1.82, 2.24) is 14.9 Å². The average Bonchev–Trinajstić information content (AvgIpc) is 3.35. The second-order valence-electron chi connectivity index (χ2n) is 8.53. The Morgan fingerprint density at radius 3 is 2.13 bits per heavy atom. The van der Waals surface area contributed by atoms with Gasteiger partial charge in [-0.05, 0) is 36.4 Å². The first-order valence-corrected chi connectivity index (χ1v) is 12.3. The predicted octanol–water partition coefficient (Wildman–Crippen LogP) is 4.32. The first-order chi connectivity index (χ1) is 19.0. The van der Waals surface area contributed by atoms with E-state index in [1.54, 1.807) is 54.8 Å². The van der Waals surface area contributed by atoms with Gasteiger partial charge >= 0.3 is 0 Å². The molecule has 0 fully saturated rings. The molecule has 206 valence electrons. The van der Waals surface area contributed by atoms with Crippen LogP contribution in [0.1, 0.15) is 15.9 Å². The second kappa shape index (κ2) is 12.4. The molecule has 0 aliphatic carbocycles. The molecule has 1 aromatic heterocycles. The molecule has 0 bridgehead atoms. The standard InChI is InChI=1S/C29H33N3O7/c1-34-13-12-32-22-11-10-18(29(33)30-17-19-8-7-9-23(35-2)26(19)38-5)14-21(22)31-28(32)20-15-24(36-3)27(39-6)25(16-20)37-4/h7-11,14-16H,12-13,17H2,1-6H3,(H,30,33). The normalized spacial score (nSPS) is 10.8. The summed E-state index contributed by atoms with van der Waals surface area (Å²) in [4.78, 5) is 18.0. The molecule has 0 saturated heterocycles. The number of carbonyl (C=O) groups excluding carboxylic acids is 1. The molecule has 0 aliphatic rings. The van der Waals surface area contributed by atoms with E-state index in [1.165, 1.54) is 0 Å². The molecular formula is C29H33N3O7. The van der Waals surface area contributed by atoms with Gasteiger partial charge in [-0.2, -0.15) is 0 Å². The fourth-order valence-electron chi connectivity index (χ4n) is 4.48. The molecular weight excluding hydrogens is 502 g/mol. The van der Waals surface area contributed by atoms with Crippen LogP contribution in [-0.4, -0.2) is 64.7 Å². The van der Waals surface area contributed by atoms with E-state index in [0.717, 1.165) is 16.6 Å². The highest BCUT2D eigenvalue weighted by Crippen LogP contribution is 2.41. The molecule has 3 aromatic carbocycles. The Labute approximate surface area is 227 Å². The minimum atomic E-state index is -0.234. The molecule has 0 aliphatic heterocycles. The van der Waals surface area contributed by atoms with Gasteiger partial charge in [-0.15, -0.1) is 0 Å². The molecule has 10 nitrogen and oxygen atoms in total. The second-order valence-corrected chi connectivity index (χ2v) is 8.53. The number of hydrogen-bond donors (Lipinski definition) is 1. The van der Waals surface area contributed by atoms with Crippen molar-refractivity contribution in [1.29, 1.82) is 0 Å². The van der Waals surface area contributed by atoms with Gasteiger partial charge in [0.2, 0.25) is 5.75 Å². The van der Waals surface area contributed by atoms with Gasteiger partial charge < -0.3 is 38.3 Å². The van der Waals surface area contributed by atoms with Crippen LogP contribution in [0.15, 0.2) is 48.5 Å². The Morgan fingerprint density at radius 1 is 0.821 bits per heavy atom. The van der Waals surface area contributed by atoms with Gasteiger partial charge in [-0.25, -0.2) is 4.98 Å². The average molecular weight is 536 g/mol. The third-order valence-electron chi connectivity index (χ3n) is 6.38. The van der Waals surface area contributed by atoms with Gasteiger partial charge in [-0.3, -0.25) is 4.79 Å². The Balaban J connectivity index is 1.70. The fraction of sp³-hybridized carbons (Fsp3) is 0.310. The smallest absolute Gasteiger partial charge is 0.251 e. The van der Waals surface area contributed by atoms with E-state index in [2.05, 4.69) is 5.32 Å². The summed E-state index contributed by atoms with van der Waals surface area (Å²) in [6.45, 7) is 1.31. The minimum Gasteiger partial charge on any atom is -0.493 e. The van der Waals surface area contributed by atoms with Gasteiger partial charge in [0.1, 0.15) is 5.82 Å². The van der Waals surface area contributed by atoms with Crippen molar-refractivity contribution in [3.63, 3.8) is 0 Å². The van der Waals surface area contributed by atoms with Crippen molar-refractivity contribution in [2.75, 3.05) is 49.3 Å². The molecule has 1 N–H and O–H groups in total. The number of benzene rings is 3. The van der Waals surface area contributed by atoms with Crippen LogP contribution < -0.4 is 29.0 Å². The fourth-order valence-corrected chi connectivity index (χ4v) is 4.48. The number of para-hydroxylation sites is 1. The van der Waals surface area contributed by atoms with Crippen molar-refractivity contribution >= 4 is 16.9 Å². The maximum atomic E-state index is 13.1. The van der Waals surface area contributed by atoms with Gasteiger partial charge in [0.05, 0.1) is 53.2 Å². The number of carbonyl (C=O) groups is 1. The predicted molar refractivity (Wildman–Crippen MR) is 147 cm³/mol. The SMILES string of the molecule is COCCn1c(-c2cc(OC)c(OC)c(OC)c2)nc2cc(C(=O)NCc3cccc(OC)c3OC)ccc21. The molecule has 4 rings (SSSR count). The Morgan fingerprint density at radius 2 is 1.51 bits per heavy atom. The van der Waals surface area contributed by atoms with E-state index in [0.29, 0.717) is 58.8 Å². The number of ether oxygens (including phenoxy) is 6. The minimum absolute atomic E-state index is 0.234. The summed E-state index contributed by atoms with van der Waals surface area (Å²) in [5, 5.41) is 2.96. The highest BCUT2D eigenvalue weighted by molar-refractivity contribution is 5.98. The highest BCUT2D eigenvalue weighted by Gasteiger charge is 2.20. The lowest BCUT2D eigenvalue weighted by molar-refractivity contribution is 0.0950. The number of aromatic nitrogens is 2.